The Morgan fingerprint density at radius 1 is 1.24 bits per heavy atom. The molecular formula is C14H18ClN3O2S. The van der Waals surface area contributed by atoms with Crippen molar-refractivity contribution in [1.29, 1.82) is 0 Å². The molecule has 0 amide bonds. The van der Waals surface area contributed by atoms with Crippen LogP contribution < -0.4 is 0 Å². The molecule has 0 aliphatic heterocycles. The quantitative estimate of drug-likeness (QED) is 0.847. The lowest BCUT2D eigenvalue weighted by molar-refractivity contribution is 0.464. The summed E-state index contributed by atoms with van der Waals surface area (Å²) in [4.78, 5) is 3.88. The van der Waals surface area contributed by atoms with Gasteiger partial charge in [0.15, 0.2) is 0 Å². The molecule has 21 heavy (non-hydrogen) atoms. The normalized spacial score (nSPS) is 12.0. The molecule has 0 unspecified atom stereocenters. The summed E-state index contributed by atoms with van der Waals surface area (Å²) in [5.41, 5.74) is 2.14. The second kappa shape index (κ2) is 6.17. The number of rotatable bonds is 5. The molecule has 7 heteroatoms. The average molecular weight is 328 g/mol. The third-order valence-corrected chi connectivity index (χ3v) is 5.62. The largest absolute Gasteiger partial charge is 0.324 e. The van der Waals surface area contributed by atoms with Crippen molar-refractivity contribution in [2.45, 2.75) is 24.9 Å². The van der Waals surface area contributed by atoms with Gasteiger partial charge in [0.25, 0.3) is 10.0 Å². The van der Waals surface area contributed by atoms with Crippen LogP contribution in [0.1, 0.15) is 18.1 Å². The lowest BCUT2D eigenvalue weighted by Gasteiger charge is -2.16. The minimum absolute atomic E-state index is 0.112. The Balaban J connectivity index is 2.22. The molecule has 1 aromatic heterocycles. The maximum absolute atomic E-state index is 12.5. The number of benzene rings is 1. The van der Waals surface area contributed by atoms with Crippen molar-refractivity contribution in [3.63, 3.8) is 0 Å². The predicted molar refractivity (Wildman–Crippen MR) is 82.7 cm³/mol. The molecule has 0 saturated carbocycles. The van der Waals surface area contributed by atoms with Crippen molar-refractivity contribution < 1.29 is 8.42 Å². The zero-order valence-corrected chi connectivity index (χ0v) is 13.8. The van der Waals surface area contributed by atoms with Gasteiger partial charge in [-0.25, -0.2) is 13.4 Å². The fraction of sp³-hybridized carbons (Fsp3) is 0.357. The highest BCUT2D eigenvalue weighted by Crippen LogP contribution is 2.22. The summed E-state index contributed by atoms with van der Waals surface area (Å²) >= 11 is 5.97. The second-order valence-electron chi connectivity index (χ2n) is 4.88. The van der Waals surface area contributed by atoms with Gasteiger partial charge in [-0.1, -0.05) is 42.8 Å². The van der Waals surface area contributed by atoms with E-state index in [1.54, 1.807) is 7.05 Å². The van der Waals surface area contributed by atoms with Gasteiger partial charge in [-0.2, -0.15) is 4.31 Å². The van der Waals surface area contributed by atoms with Gasteiger partial charge in [0, 0.05) is 20.6 Å². The molecule has 2 rings (SSSR count). The van der Waals surface area contributed by atoms with Gasteiger partial charge in [0.2, 0.25) is 5.03 Å². The number of imidazole rings is 1. The number of aromatic nitrogens is 2. The van der Waals surface area contributed by atoms with Gasteiger partial charge in [-0.3, -0.25) is 0 Å². The van der Waals surface area contributed by atoms with Gasteiger partial charge < -0.3 is 4.57 Å². The molecule has 0 aliphatic rings. The molecule has 5 nitrogen and oxygen atoms in total. The smallest absolute Gasteiger partial charge is 0.263 e. The Bertz CT molecular complexity index is 723. The number of halogens is 1. The molecule has 0 N–H and O–H groups in total. The fourth-order valence-electron chi connectivity index (χ4n) is 1.94. The number of hydrogen-bond donors (Lipinski definition) is 0. The van der Waals surface area contributed by atoms with Crippen molar-refractivity contribution in [3.8, 4) is 0 Å². The van der Waals surface area contributed by atoms with E-state index < -0.39 is 10.0 Å². The van der Waals surface area contributed by atoms with Gasteiger partial charge in [-0.15, -0.1) is 0 Å². The van der Waals surface area contributed by atoms with Gasteiger partial charge in [-0.05, 0) is 17.5 Å². The Kier molecular flexibility index (Phi) is 4.70. The van der Waals surface area contributed by atoms with Crippen molar-refractivity contribution in [2.24, 2.45) is 7.05 Å². The Morgan fingerprint density at radius 2 is 1.81 bits per heavy atom. The van der Waals surface area contributed by atoms with Crippen LogP contribution >= 0.6 is 11.6 Å². The third-order valence-electron chi connectivity index (χ3n) is 3.33. The minimum atomic E-state index is -3.69. The topological polar surface area (TPSA) is 55.2 Å². The van der Waals surface area contributed by atoms with E-state index in [-0.39, 0.29) is 16.7 Å². The molecule has 0 aliphatic carbocycles. The molecule has 0 bridgehead atoms. The Labute approximate surface area is 130 Å². The van der Waals surface area contributed by atoms with Gasteiger partial charge >= 0.3 is 0 Å². The lowest BCUT2D eigenvalue weighted by atomic mass is 10.1. The Hall–Kier alpha value is -1.37. The molecule has 0 spiro atoms. The van der Waals surface area contributed by atoms with E-state index in [0.29, 0.717) is 0 Å². The molecule has 0 atom stereocenters. The molecule has 0 fully saturated rings. The van der Waals surface area contributed by atoms with Crippen LogP contribution in [0.4, 0.5) is 0 Å². The van der Waals surface area contributed by atoms with Crippen LogP contribution in [0.5, 0.6) is 0 Å². The van der Waals surface area contributed by atoms with Crippen molar-refractivity contribution >= 4 is 21.6 Å². The van der Waals surface area contributed by atoms with Crippen LogP contribution in [-0.4, -0.2) is 29.3 Å². The molecule has 0 radical (unpaired) electrons. The highest BCUT2D eigenvalue weighted by molar-refractivity contribution is 7.89. The van der Waals surface area contributed by atoms with E-state index >= 15 is 0 Å². The van der Waals surface area contributed by atoms with Crippen LogP contribution in [-0.2, 0) is 30.0 Å². The zero-order chi connectivity index (χ0) is 15.6. The highest BCUT2D eigenvalue weighted by atomic mass is 35.5. The maximum Gasteiger partial charge on any atom is 0.263 e. The van der Waals surface area contributed by atoms with E-state index in [4.69, 9.17) is 11.6 Å². The maximum atomic E-state index is 12.5. The van der Waals surface area contributed by atoms with Gasteiger partial charge in [0.1, 0.15) is 5.15 Å². The van der Waals surface area contributed by atoms with E-state index in [2.05, 4.69) is 11.9 Å². The summed E-state index contributed by atoms with van der Waals surface area (Å²) in [5.74, 6) is 0. The number of aryl methyl sites for hydroxylation is 2. The predicted octanol–water partition coefficient (Wildman–Crippen LogP) is 2.46. The first kappa shape index (κ1) is 16.0. The highest BCUT2D eigenvalue weighted by Gasteiger charge is 2.27. The van der Waals surface area contributed by atoms with E-state index in [1.807, 2.05) is 24.3 Å². The first-order valence-corrected chi connectivity index (χ1v) is 8.39. The van der Waals surface area contributed by atoms with E-state index in [0.717, 1.165) is 12.0 Å². The van der Waals surface area contributed by atoms with Gasteiger partial charge in [0.05, 0.1) is 6.33 Å². The van der Waals surface area contributed by atoms with Crippen molar-refractivity contribution in [3.05, 3.63) is 46.9 Å². The standard InChI is InChI=1S/C14H18ClN3O2S/c1-4-11-5-7-12(8-6-11)9-18(3)21(19,20)14-13(15)17(2)10-16-14/h5-8,10H,4,9H2,1-3H3. The first-order valence-electron chi connectivity index (χ1n) is 6.57. The van der Waals surface area contributed by atoms with Crippen LogP contribution in [0.2, 0.25) is 5.15 Å². The molecule has 1 aromatic carbocycles. The van der Waals surface area contributed by atoms with Crippen LogP contribution in [0, 0.1) is 0 Å². The Morgan fingerprint density at radius 3 is 2.29 bits per heavy atom. The molecule has 114 valence electrons. The third kappa shape index (κ3) is 3.28. The fourth-order valence-corrected chi connectivity index (χ4v) is 3.47. The minimum Gasteiger partial charge on any atom is -0.324 e. The van der Waals surface area contributed by atoms with E-state index in [9.17, 15) is 8.42 Å². The first-order chi connectivity index (χ1) is 9.86. The summed E-state index contributed by atoms with van der Waals surface area (Å²) in [5, 5.41) is 0.00234. The summed E-state index contributed by atoms with van der Waals surface area (Å²) in [7, 11) is -0.521. The summed E-state index contributed by atoms with van der Waals surface area (Å²) in [6, 6.07) is 7.88. The second-order valence-corrected chi connectivity index (χ2v) is 7.20. The average Bonchev–Trinajstić information content (AvgIpc) is 2.80. The van der Waals surface area contributed by atoms with Crippen molar-refractivity contribution in [2.75, 3.05) is 7.05 Å². The van der Waals surface area contributed by atoms with E-state index in [1.165, 1.54) is 27.8 Å². The molecule has 2 aromatic rings. The summed E-state index contributed by atoms with van der Waals surface area (Å²) < 4.78 is 27.6. The summed E-state index contributed by atoms with van der Waals surface area (Å²) in [6.07, 6.45) is 2.34. The van der Waals surface area contributed by atoms with Crippen LogP contribution in [0.15, 0.2) is 35.6 Å². The number of nitrogens with zero attached hydrogens (tertiary/aromatic N) is 3. The van der Waals surface area contributed by atoms with Crippen LogP contribution in [0.25, 0.3) is 0 Å². The van der Waals surface area contributed by atoms with Crippen molar-refractivity contribution in [1.82, 2.24) is 13.9 Å². The monoisotopic (exact) mass is 327 g/mol. The lowest BCUT2D eigenvalue weighted by Crippen LogP contribution is -2.27. The molecular weight excluding hydrogens is 310 g/mol. The number of sulfonamides is 1. The SMILES string of the molecule is CCc1ccc(CN(C)S(=O)(=O)c2ncn(C)c2Cl)cc1. The zero-order valence-electron chi connectivity index (χ0n) is 12.2. The number of hydrogen-bond acceptors (Lipinski definition) is 3. The molecule has 1 heterocycles. The van der Waals surface area contributed by atoms with Crippen LogP contribution in [0.3, 0.4) is 0 Å². The molecule has 0 saturated heterocycles. The summed E-state index contributed by atoms with van der Waals surface area (Å²) in [6.45, 7) is 2.36.